The smallest absolute Gasteiger partial charge is 0.464 e. The van der Waals surface area contributed by atoms with Crippen LogP contribution in [0.3, 0.4) is 0 Å². The van der Waals surface area contributed by atoms with Gasteiger partial charge >= 0.3 is 18.4 Å². The lowest BCUT2D eigenvalue weighted by Gasteiger charge is -2.19. The van der Waals surface area contributed by atoms with Crippen LogP contribution in [-0.4, -0.2) is 42.0 Å². The van der Waals surface area contributed by atoms with Crippen molar-refractivity contribution in [3.63, 3.8) is 0 Å². The van der Waals surface area contributed by atoms with Gasteiger partial charge in [0, 0.05) is 16.8 Å². The van der Waals surface area contributed by atoms with E-state index in [0.29, 0.717) is 27.3 Å². The highest BCUT2D eigenvalue weighted by molar-refractivity contribution is 6.31. The first-order valence-corrected chi connectivity index (χ1v) is 13.3. The molecule has 0 radical (unpaired) electrons. The van der Waals surface area contributed by atoms with E-state index in [4.69, 9.17) is 16.3 Å². The maximum atomic E-state index is 13.6. The van der Waals surface area contributed by atoms with Gasteiger partial charge in [-0.2, -0.15) is 41.6 Å². The summed E-state index contributed by atoms with van der Waals surface area (Å²) in [6.45, 7) is -2.90. The van der Waals surface area contributed by atoms with Crippen molar-refractivity contribution in [2.75, 3.05) is 7.11 Å². The molecule has 1 aliphatic rings. The highest BCUT2D eigenvalue weighted by atomic mass is 35.5. The standard InChI is InChI=1S/C26H21ClF5N9O2/c1-43-22-8-21(20(6-14-2-3-14)38-10-15(9-34-38)24-33-13-35-41(24)25(28)29)40(42)11-18(22)17-7-16(27)4-5-19(17)39-12-23(36-37-39)26(30,31)32/h4-5,7-14,20,25H,2-3,6H2,1H3/p+1/t20-/m0/s1. The summed E-state index contributed by atoms with van der Waals surface area (Å²) >= 11 is 6.26. The van der Waals surface area contributed by atoms with E-state index in [1.807, 2.05) is 0 Å². The molecule has 1 N–H and O–H groups in total. The molecule has 1 atom stereocenters. The highest BCUT2D eigenvalue weighted by Gasteiger charge is 2.41. The number of hydrogen-bond acceptors (Lipinski definition) is 6. The van der Waals surface area contributed by atoms with Gasteiger partial charge in [0.2, 0.25) is 5.69 Å². The van der Waals surface area contributed by atoms with E-state index in [9.17, 15) is 27.2 Å². The predicted molar refractivity (Wildman–Crippen MR) is 139 cm³/mol. The monoisotopic (exact) mass is 622 g/mol. The van der Waals surface area contributed by atoms with E-state index in [-0.39, 0.29) is 39.1 Å². The molecule has 4 aromatic heterocycles. The summed E-state index contributed by atoms with van der Waals surface area (Å²) in [7, 11) is 1.39. The average Bonchev–Trinajstić information content (AvgIpc) is 3.37. The van der Waals surface area contributed by atoms with E-state index in [1.54, 1.807) is 0 Å². The van der Waals surface area contributed by atoms with Crippen LogP contribution in [0.5, 0.6) is 5.75 Å². The first-order valence-electron chi connectivity index (χ1n) is 12.9. The van der Waals surface area contributed by atoms with E-state index in [2.05, 4.69) is 25.5 Å². The first kappa shape index (κ1) is 28.5. The van der Waals surface area contributed by atoms with Crippen molar-refractivity contribution in [3.8, 4) is 34.0 Å². The minimum Gasteiger partial charge on any atom is -0.618 e. The number of aromatic nitrogens is 9. The fourth-order valence-electron chi connectivity index (χ4n) is 4.88. The molecule has 1 aromatic carbocycles. The van der Waals surface area contributed by atoms with Crippen LogP contribution in [-0.2, 0) is 6.18 Å². The van der Waals surface area contributed by atoms with Gasteiger partial charge in [-0.05, 0) is 30.5 Å². The molecule has 224 valence electrons. The maximum Gasteiger partial charge on any atom is 0.464 e. The minimum atomic E-state index is -4.68. The van der Waals surface area contributed by atoms with Crippen LogP contribution in [0.2, 0.25) is 5.02 Å². The Bertz CT molecular complexity index is 1780. The quantitative estimate of drug-likeness (QED) is 0.142. The van der Waals surface area contributed by atoms with Crippen LogP contribution >= 0.6 is 11.6 Å². The number of nitrogens with zero attached hydrogens (tertiary/aromatic N) is 8. The van der Waals surface area contributed by atoms with Gasteiger partial charge in [-0.3, -0.25) is 4.68 Å². The third-order valence-corrected chi connectivity index (χ3v) is 7.36. The number of nitrogens with one attached hydrogen (secondary N) is 1. The van der Waals surface area contributed by atoms with Crippen molar-refractivity contribution in [2.45, 2.75) is 38.0 Å². The van der Waals surface area contributed by atoms with Gasteiger partial charge in [0.15, 0.2) is 23.9 Å². The number of ether oxygens (including phenoxy) is 1. The zero-order valence-corrected chi connectivity index (χ0v) is 23.0. The molecular weight excluding hydrogens is 601 g/mol. The van der Waals surface area contributed by atoms with Gasteiger partial charge < -0.3 is 9.94 Å². The van der Waals surface area contributed by atoms with Gasteiger partial charge in [-0.1, -0.05) is 29.7 Å². The second-order valence-electron chi connectivity index (χ2n) is 9.97. The molecular formula is C26H22ClF5N9O2+. The number of H-pyrrole nitrogens is 1. The summed E-state index contributed by atoms with van der Waals surface area (Å²) in [5, 5.41) is 27.5. The van der Waals surface area contributed by atoms with Crippen LogP contribution in [0, 0.1) is 11.1 Å². The molecule has 0 unspecified atom stereocenters. The number of aromatic amines is 1. The zero-order valence-electron chi connectivity index (χ0n) is 22.2. The fourth-order valence-corrected chi connectivity index (χ4v) is 5.06. The number of rotatable bonds is 9. The number of alkyl halides is 5. The number of benzene rings is 1. The maximum absolute atomic E-state index is 13.6. The second-order valence-corrected chi connectivity index (χ2v) is 10.4. The molecule has 43 heavy (non-hydrogen) atoms. The lowest BCUT2D eigenvalue weighted by atomic mass is 10.0. The van der Waals surface area contributed by atoms with Crippen LogP contribution in [0.15, 0.2) is 55.4 Å². The van der Waals surface area contributed by atoms with Gasteiger partial charge in [-0.25, -0.2) is 4.98 Å². The molecule has 0 saturated heterocycles. The van der Waals surface area contributed by atoms with Crippen molar-refractivity contribution >= 4 is 11.6 Å². The van der Waals surface area contributed by atoms with Crippen molar-refractivity contribution in [2.24, 2.45) is 5.92 Å². The molecule has 11 nitrogen and oxygen atoms in total. The van der Waals surface area contributed by atoms with Crippen LogP contribution in [0.25, 0.3) is 28.2 Å². The summed E-state index contributed by atoms with van der Waals surface area (Å²) in [5.74, 6) is 0.493. The van der Waals surface area contributed by atoms with Crippen molar-refractivity contribution in [3.05, 3.63) is 77.0 Å². The van der Waals surface area contributed by atoms with Gasteiger partial charge in [-0.15, -0.1) is 4.68 Å². The summed E-state index contributed by atoms with van der Waals surface area (Å²) in [5.41, 5.74) is 0.198. The Morgan fingerprint density at radius 1 is 1.16 bits per heavy atom. The number of halogens is 6. The van der Waals surface area contributed by atoms with Gasteiger partial charge in [0.05, 0.1) is 35.6 Å². The molecule has 1 fully saturated rings. The molecule has 5 aromatic rings. The molecule has 0 amide bonds. The summed E-state index contributed by atoms with van der Waals surface area (Å²) in [4.78, 5) is 3.92. The summed E-state index contributed by atoms with van der Waals surface area (Å²) < 4.78 is 75.9. The van der Waals surface area contributed by atoms with Gasteiger partial charge in [0.1, 0.15) is 18.1 Å². The van der Waals surface area contributed by atoms with Crippen LogP contribution < -0.4 is 14.1 Å². The molecule has 17 heteroatoms. The SMILES string of the molecule is COc1cc([C@H](CC2CC2)n2cc(-c3ncnn3C(F)F)cn2)[n+]([O-])cc1-c1cc(Cl)ccc1-[n+]1cc(C(F)(F)F)n[nH]1. The van der Waals surface area contributed by atoms with Crippen molar-refractivity contribution < 1.29 is 36.1 Å². The van der Waals surface area contributed by atoms with Crippen LogP contribution in [0.4, 0.5) is 22.0 Å². The summed E-state index contributed by atoms with van der Waals surface area (Å²) in [6.07, 6.45) is 3.75. The predicted octanol–water partition coefficient (Wildman–Crippen LogP) is 4.91. The highest BCUT2D eigenvalue weighted by Crippen LogP contribution is 2.41. The Balaban J connectivity index is 1.43. The Morgan fingerprint density at radius 3 is 2.63 bits per heavy atom. The Kier molecular flexibility index (Phi) is 7.23. The number of hydrogen-bond donors (Lipinski definition) is 1. The van der Waals surface area contributed by atoms with E-state index in [1.165, 1.54) is 54.6 Å². The van der Waals surface area contributed by atoms with Crippen LogP contribution in [0.1, 0.15) is 43.2 Å². The molecule has 4 heterocycles. The zero-order chi connectivity index (χ0) is 30.5. The van der Waals surface area contributed by atoms with E-state index in [0.717, 1.165) is 30.0 Å². The first-order chi connectivity index (χ1) is 20.5. The molecule has 1 aliphatic carbocycles. The fraction of sp³-hybridized carbons (Fsp3) is 0.308. The molecule has 1 saturated carbocycles. The Hall–Kier alpha value is -4.60. The lowest BCUT2D eigenvalue weighted by molar-refractivity contribution is -0.659. The largest absolute Gasteiger partial charge is 0.618 e. The second kappa shape index (κ2) is 10.9. The molecule has 0 aliphatic heterocycles. The van der Waals surface area contributed by atoms with Crippen molar-refractivity contribution in [1.82, 2.24) is 34.9 Å². The Labute approximate surface area is 244 Å². The number of pyridine rings is 1. The van der Waals surface area contributed by atoms with Crippen molar-refractivity contribution in [1.29, 1.82) is 0 Å². The normalized spacial score (nSPS) is 14.4. The topological polar surface area (TPSA) is 117 Å². The molecule has 0 spiro atoms. The number of methoxy groups -OCH3 is 1. The average molecular weight is 623 g/mol. The minimum absolute atomic E-state index is 0.0761. The van der Waals surface area contributed by atoms with Gasteiger partial charge in [0.25, 0.3) is 0 Å². The van der Waals surface area contributed by atoms with E-state index < -0.39 is 24.5 Å². The summed E-state index contributed by atoms with van der Waals surface area (Å²) in [6, 6.07) is 5.40. The Morgan fingerprint density at radius 2 is 1.95 bits per heavy atom. The third kappa shape index (κ3) is 5.61. The molecule has 6 rings (SSSR count). The molecule has 0 bridgehead atoms. The lowest BCUT2D eigenvalue weighted by Crippen LogP contribution is -2.36. The third-order valence-electron chi connectivity index (χ3n) is 7.13. The van der Waals surface area contributed by atoms with E-state index >= 15 is 0 Å².